The Balaban J connectivity index is 2.13. The number of anilines is 1. The lowest BCUT2D eigenvalue weighted by molar-refractivity contribution is -0.115. The third kappa shape index (κ3) is 2.23. The summed E-state index contributed by atoms with van der Waals surface area (Å²) in [6.45, 7) is 0. The summed E-state index contributed by atoms with van der Waals surface area (Å²) >= 11 is 0. The molecule has 0 fully saturated rings. The molecule has 2 N–H and O–H groups in total. The van der Waals surface area contributed by atoms with E-state index in [0.29, 0.717) is 17.7 Å². The van der Waals surface area contributed by atoms with Crippen molar-refractivity contribution in [1.29, 1.82) is 0 Å². The minimum absolute atomic E-state index is 0.0339. The van der Waals surface area contributed by atoms with E-state index in [9.17, 15) is 14.7 Å². The van der Waals surface area contributed by atoms with Crippen molar-refractivity contribution in [3.8, 4) is 16.9 Å². The van der Waals surface area contributed by atoms with Crippen molar-refractivity contribution >= 4 is 17.6 Å². The second-order valence-corrected chi connectivity index (χ2v) is 4.79. The second kappa shape index (κ2) is 4.94. The molecule has 5 heteroatoms. The second-order valence-electron chi connectivity index (χ2n) is 4.79. The lowest BCUT2D eigenvalue weighted by Gasteiger charge is -2.12. The minimum atomic E-state index is -1.04. The van der Waals surface area contributed by atoms with E-state index in [1.54, 1.807) is 12.1 Å². The molecule has 0 saturated heterocycles. The summed E-state index contributed by atoms with van der Waals surface area (Å²) in [6.07, 6.45) is 0.337. The van der Waals surface area contributed by atoms with Crippen LogP contribution in [-0.4, -0.2) is 24.1 Å². The molecule has 2 aromatic rings. The third-order valence-electron chi connectivity index (χ3n) is 3.49. The number of ether oxygens (including phenoxy) is 1. The van der Waals surface area contributed by atoms with Gasteiger partial charge in [-0.3, -0.25) is 4.79 Å². The molecule has 0 radical (unpaired) electrons. The molecule has 1 amide bonds. The highest BCUT2D eigenvalue weighted by atomic mass is 16.5. The van der Waals surface area contributed by atoms with Gasteiger partial charge in [0.05, 0.1) is 13.5 Å². The molecular formula is C16H13NO4. The SMILES string of the molecule is COc1c(C(=O)O)cccc1-c1ccc2c(c1)CC(=O)N2. The standard InChI is InChI=1S/C16H13NO4/c1-21-15-11(3-2-4-12(15)16(19)20)9-5-6-13-10(7-9)8-14(18)17-13/h2-7H,8H2,1H3,(H,17,18)(H,19,20). The van der Waals surface area contributed by atoms with Crippen molar-refractivity contribution in [2.45, 2.75) is 6.42 Å². The Bertz CT molecular complexity index is 752. The summed E-state index contributed by atoms with van der Waals surface area (Å²) in [4.78, 5) is 22.7. The number of methoxy groups -OCH3 is 1. The largest absolute Gasteiger partial charge is 0.495 e. The maximum Gasteiger partial charge on any atom is 0.339 e. The van der Waals surface area contributed by atoms with Gasteiger partial charge in [0.15, 0.2) is 0 Å². The molecule has 1 heterocycles. The van der Waals surface area contributed by atoms with E-state index in [0.717, 1.165) is 16.8 Å². The number of aromatic carboxylic acids is 1. The number of benzene rings is 2. The maximum absolute atomic E-state index is 11.4. The fourth-order valence-corrected chi connectivity index (χ4v) is 2.55. The zero-order chi connectivity index (χ0) is 15.0. The monoisotopic (exact) mass is 283 g/mol. The van der Waals surface area contributed by atoms with Gasteiger partial charge in [0.1, 0.15) is 11.3 Å². The molecule has 3 rings (SSSR count). The van der Waals surface area contributed by atoms with Gasteiger partial charge >= 0.3 is 5.97 Å². The molecule has 0 spiro atoms. The predicted octanol–water partition coefficient (Wildman–Crippen LogP) is 2.55. The molecule has 1 aliphatic heterocycles. The molecule has 0 bridgehead atoms. The summed E-state index contributed by atoms with van der Waals surface area (Å²) in [5, 5.41) is 12.0. The molecule has 0 aliphatic carbocycles. The number of fused-ring (bicyclic) bond motifs is 1. The number of carboxylic acids is 1. The van der Waals surface area contributed by atoms with Gasteiger partial charge in [-0.25, -0.2) is 4.79 Å². The molecule has 5 nitrogen and oxygen atoms in total. The van der Waals surface area contributed by atoms with Gasteiger partial charge in [-0.2, -0.15) is 0 Å². The summed E-state index contributed by atoms with van der Waals surface area (Å²) in [6, 6.07) is 10.5. The highest BCUT2D eigenvalue weighted by molar-refractivity contribution is 6.00. The zero-order valence-electron chi connectivity index (χ0n) is 11.3. The van der Waals surface area contributed by atoms with E-state index in [4.69, 9.17) is 4.74 Å². The lowest BCUT2D eigenvalue weighted by atomic mass is 9.98. The van der Waals surface area contributed by atoms with Crippen LogP contribution in [0.4, 0.5) is 5.69 Å². The van der Waals surface area contributed by atoms with Crippen LogP contribution in [0.5, 0.6) is 5.75 Å². The summed E-state index contributed by atoms with van der Waals surface area (Å²) in [7, 11) is 1.45. The van der Waals surface area contributed by atoms with Crippen LogP contribution in [-0.2, 0) is 11.2 Å². The molecule has 0 unspecified atom stereocenters. The molecule has 0 saturated carbocycles. The number of hydrogen-bond donors (Lipinski definition) is 2. The number of amides is 1. The summed E-state index contributed by atoms with van der Waals surface area (Å²) in [5.41, 5.74) is 3.34. The average molecular weight is 283 g/mol. The quantitative estimate of drug-likeness (QED) is 0.907. The van der Waals surface area contributed by atoms with Crippen LogP contribution in [0.25, 0.3) is 11.1 Å². The normalized spacial score (nSPS) is 12.7. The Kier molecular flexibility index (Phi) is 3.10. The van der Waals surface area contributed by atoms with E-state index >= 15 is 0 Å². The molecule has 21 heavy (non-hydrogen) atoms. The van der Waals surface area contributed by atoms with Crippen LogP contribution in [0.1, 0.15) is 15.9 Å². The third-order valence-corrected chi connectivity index (χ3v) is 3.49. The average Bonchev–Trinajstić information content (AvgIpc) is 2.85. The van der Waals surface area contributed by atoms with Gasteiger partial charge in [-0.1, -0.05) is 18.2 Å². The van der Waals surface area contributed by atoms with Crippen LogP contribution >= 0.6 is 0 Å². The number of carbonyl (C=O) groups is 2. The first-order valence-corrected chi connectivity index (χ1v) is 6.43. The van der Waals surface area contributed by atoms with Crippen LogP contribution < -0.4 is 10.1 Å². The fourth-order valence-electron chi connectivity index (χ4n) is 2.55. The van der Waals surface area contributed by atoms with E-state index in [1.165, 1.54) is 13.2 Å². The number of para-hydroxylation sites is 1. The first-order chi connectivity index (χ1) is 10.1. The molecular weight excluding hydrogens is 270 g/mol. The maximum atomic E-state index is 11.4. The number of rotatable bonds is 3. The van der Waals surface area contributed by atoms with Crippen molar-refractivity contribution in [1.82, 2.24) is 0 Å². The minimum Gasteiger partial charge on any atom is -0.495 e. The number of nitrogens with one attached hydrogen (secondary N) is 1. The van der Waals surface area contributed by atoms with Gasteiger partial charge in [-0.15, -0.1) is 0 Å². The van der Waals surface area contributed by atoms with E-state index < -0.39 is 5.97 Å². The Hall–Kier alpha value is -2.82. The molecule has 106 valence electrons. The van der Waals surface area contributed by atoms with Crippen LogP contribution in [0.15, 0.2) is 36.4 Å². The Morgan fingerprint density at radius 2 is 2.10 bits per heavy atom. The lowest BCUT2D eigenvalue weighted by Crippen LogP contribution is -2.03. The van der Waals surface area contributed by atoms with Crippen molar-refractivity contribution in [3.05, 3.63) is 47.5 Å². The van der Waals surface area contributed by atoms with Crippen LogP contribution in [0.2, 0.25) is 0 Å². The zero-order valence-corrected chi connectivity index (χ0v) is 11.3. The topological polar surface area (TPSA) is 75.6 Å². The van der Waals surface area contributed by atoms with Gasteiger partial charge in [0, 0.05) is 11.3 Å². The van der Waals surface area contributed by atoms with Crippen LogP contribution in [0, 0.1) is 0 Å². The number of carbonyl (C=O) groups excluding carboxylic acids is 1. The smallest absolute Gasteiger partial charge is 0.339 e. The van der Waals surface area contributed by atoms with Gasteiger partial charge < -0.3 is 15.2 Å². The Morgan fingerprint density at radius 1 is 1.29 bits per heavy atom. The highest BCUT2D eigenvalue weighted by Gasteiger charge is 2.20. The fraction of sp³-hybridized carbons (Fsp3) is 0.125. The van der Waals surface area contributed by atoms with Gasteiger partial charge in [0.2, 0.25) is 5.91 Å². The van der Waals surface area contributed by atoms with Crippen LogP contribution in [0.3, 0.4) is 0 Å². The van der Waals surface area contributed by atoms with Crippen molar-refractivity contribution in [2.75, 3.05) is 12.4 Å². The Labute approximate surface area is 121 Å². The highest BCUT2D eigenvalue weighted by Crippen LogP contribution is 2.36. The predicted molar refractivity (Wildman–Crippen MR) is 77.7 cm³/mol. The first kappa shape index (κ1) is 13.2. The van der Waals surface area contributed by atoms with E-state index in [1.807, 2.05) is 18.2 Å². The summed E-state index contributed by atoms with van der Waals surface area (Å²) < 4.78 is 5.27. The van der Waals surface area contributed by atoms with Gasteiger partial charge in [-0.05, 0) is 29.3 Å². The number of carboxylic acid groups (broad SMARTS) is 1. The van der Waals surface area contributed by atoms with E-state index in [2.05, 4.69) is 5.32 Å². The molecule has 0 atom stereocenters. The van der Waals surface area contributed by atoms with Gasteiger partial charge in [0.25, 0.3) is 0 Å². The molecule has 0 aromatic heterocycles. The van der Waals surface area contributed by atoms with Crippen molar-refractivity contribution in [2.24, 2.45) is 0 Å². The van der Waals surface area contributed by atoms with E-state index in [-0.39, 0.29) is 11.5 Å². The summed E-state index contributed by atoms with van der Waals surface area (Å²) in [5.74, 6) is -0.748. The number of hydrogen-bond acceptors (Lipinski definition) is 3. The first-order valence-electron chi connectivity index (χ1n) is 6.43. The molecule has 1 aliphatic rings. The molecule has 2 aromatic carbocycles. The Morgan fingerprint density at radius 3 is 2.81 bits per heavy atom. The van der Waals surface area contributed by atoms with Crippen molar-refractivity contribution < 1.29 is 19.4 Å². The van der Waals surface area contributed by atoms with Crippen molar-refractivity contribution in [3.63, 3.8) is 0 Å².